The number of halogens is 3. The summed E-state index contributed by atoms with van der Waals surface area (Å²) in [6.07, 6.45) is -2.60. The highest BCUT2D eigenvalue weighted by Crippen LogP contribution is 2.36. The average molecular weight is 270 g/mol. The second-order valence-corrected chi connectivity index (χ2v) is 4.49. The predicted octanol–water partition coefficient (Wildman–Crippen LogP) is 2.54. The molecule has 0 heterocycles. The van der Waals surface area contributed by atoms with Gasteiger partial charge in [0, 0.05) is 18.3 Å². The molecule has 19 heavy (non-hydrogen) atoms. The van der Waals surface area contributed by atoms with Crippen LogP contribution in [0.2, 0.25) is 0 Å². The first-order valence-electron chi connectivity index (χ1n) is 5.96. The number of nitrogens with zero attached hydrogens (tertiary/aromatic N) is 2. The van der Waals surface area contributed by atoms with E-state index >= 15 is 0 Å². The van der Waals surface area contributed by atoms with Gasteiger partial charge in [0.05, 0.1) is 23.8 Å². The fourth-order valence-electron chi connectivity index (χ4n) is 2.07. The second-order valence-electron chi connectivity index (χ2n) is 4.49. The van der Waals surface area contributed by atoms with Gasteiger partial charge in [0.15, 0.2) is 0 Å². The van der Waals surface area contributed by atoms with E-state index in [9.17, 15) is 13.2 Å². The van der Waals surface area contributed by atoms with Crippen molar-refractivity contribution in [1.82, 2.24) is 0 Å². The molecule has 6 heteroatoms. The van der Waals surface area contributed by atoms with Crippen LogP contribution in [0.3, 0.4) is 0 Å². The molecule has 0 aromatic heterocycles. The lowest BCUT2D eigenvalue weighted by Gasteiger charge is -2.24. The average Bonchev–Trinajstić information content (AvgIpc) is 3.18. The zero-order valence-corrected chi connectivity index (χ0v) is 10.1. The van der Waals surface area contributed by atoms with Crippen LogP contribution in [-0.4, -0.2) is 24.3 Å². The molecule has 0 amide bonds. The lowest BCUT2D eigenvalue weighted by Crippen LogP contribution is -2.29. The highest BCUT2D eigenvalue weighted by Gasteiger charge is 2.35. The maximum absolute atomic E-state index is 12.7. The lowest BCUT2D eigenvalue weighted by molar-refractivity contribution is -0.137. The smallest absolute Gasteiger partial charge is 0.395 e. The van der Waals surface area contributed by atoms with E-state index in [4.69, 9.17) is 10.4 Å². The van der Waals surface area contributed by atoms with E-state index < -0.39 is 11.7 Å². The molecule has 2 rings (SSSR count). The molecule has 102 valence electrons. The molecule has 0 saturated heterocycles. The van der Waals surface area contributed by atoms with Crippen molar-refractivity contribution in [3.63, 3.8) is 0 Å². The van der Waals surface area contributed by atoms with E-state index in [1.165, 1.54) is 12.1 Å². The molecule has 0 radical (unpaired) electrons. The van der Waals surface area contributed by atoms with E-state index in [0.717, 1.165) is 18.9 Å². The molecule has 0 atom stereocenters. The minimum atomic E-state index is -4.52. The van der Waals surface area contributed by atoms with Crippen molar-refractivity contribution in [3.05, 3.63) is 29.3 Å². The molecule has 3 nitrogen and oxygen atoms in total. The van der Waals surface area contributed by atoms with Crippen molar-refractivity contribution in [2.45, 2.75) is 25.1 Å². The molecule has 1 aliphatic rings. The largest absolute Gasteiger partial charge is 0.417 e. The number of rotatable bonds is 4. The number of anilines is 1. The van der Waals surface area contributed by atoms with E-state index in [0.29, 0.717) is 12.2 Å². The standard InChI is InChI=1S/C13H13F3N2O/c14-13(15,16)12-4-3-11(7-9(12)8-17)18(5-6-19)10-1-2-10/h3-4,7,10,19H,1-2,5-6H2. The van der Waals surface area contributed by atoms with E-state index in [1.807, 2.05) is 4.90 Å². The second kappa shape index (κ2) is 5.10. The minimum Gasteiger partial charge on any atom is -0.395 e. The van der Waals surface area contributed by atoms with Crippen LogP contribution in [0, 0.1) is 11.3 Å². The first kappa shape index (κ1) is 13.7. The Morgan fingerprint density at radius 3 is 2.53 bits per heavy atom. The van der Waals surface area contributed by atoms with Crippen LogP contribution in [0.4, 0.5) is 18.9 Å². The first-order valence-corrected chi connectivity index (χ1v) is 5.96. The minimum absolute atomic E-state index is 0.0700. The third kappa shape index (κ3) is 2.99. The maximum atomic E-state index is 12.7. The molecule has 1 aromatic rings. The van der Waals surface area contributed by atoms with Crippen LogP contribution in [0.25, 0.3) is 0 Å². The molecular formula is C13H13F3N2O. The number of hydrogen-bond acceptors (Lipinski definition) is 3. The summed E-state index contributed by atoms with van der Waals surface area (Å²) in [7, 11) is 0. The molecule has 1 fully saturated rings. The Labute approximate surface area is 108 Å². The molecule has 1 saturated carbocycles. The predicted molar refractivity (Wildman–Crippen MR) is 63.6 cm³/mol. The molecule has 1 N–H and O–H groups in total. The van der Waals surface area contributed by atoms with Crippen LogP contribution in [0.1, 0.15) is 24.0 Å². The molecule has 0 unspecified atom stereocenters. The zero-order valence-electron chi connectivity index (χ0n) is 10.1. The Kier molecular flexibility index (Phi) is 3.67. The Balaban J connectivity index is 2.35. The highest BCUT2D eigenvalue weighted by atomic mass is 19.4. The topological polar surface area (TPSA) is 47.3 Å². The summed E-state index contributed by atoms with van der Waals surface area (Å²) in [4.78, 5) is 1.85. The van der Waals surface area contributed by atoms with Gasteiger partial charge in [0.25, 0.3) is 0 Å². The van der Waals surface area contributed by atoms with E-state index in [2.05, 4.69) is 0 Å². The Morgan fingerprint density at radius 2 is 2.05 bits per heavy atom. The van der Waals surface area contributed by atoms with Crippen molar-refractivity contribution in [3.8, 4) is 6.07 Å². The van der Waals surface area contributed by atoms with E-state index in [-0.39, 0.29) is 18.2 Å². The Hall–Kier alpha value is -1.74. The van der Waals surface area contributed by atoms with Crippen molar-refractivity contribution >= 4 is 5.69 Å². The molecule has 0 aliphatic heterocycles. The van der Waals surface area contributed by atoms with Gasteiger partial charge in [-0.1, -0.05) is 0 Å². The van der Waals surface area contributed by atoms with Crippen LogP contribution in [0.15, 0.2) is 18.2 Å². The van der Waals surface area contributed by atoms with Gasteiger partial charge in [-0.15, -0.1) is 0 Å². The van der Waals surface area contributed by atoms with Gasteiger partial charge in [0.1, 0.15) is 0 Å². The maximum Gasteiger partial charge on any atom is 0.417 e. The van der Waals surface area contributed by atoms with Gasteiger partial charge in [-0.05, 0) is 31.0 Å². The third-order valence-electron chi connectivity index (χ3n) is 3.09. The fourth-order valence-corrected chi connectivity index (χ4v) is 2.07. The summed E-state index contributed by atoms with van der Waals surface area (Å²) >= 11 is 0. The van der Waals surface area contributed by atoms with Gasteiger partial charge >= 0.3 is 6.18 Å². The van der Waals surface area contributed by atoms with Gasteiger partial charge in [-0.25, -0.2) is 0 Å². The van der Waals surface area contributed by atoms with Crippen molar-refractivity contribution in [1.29, 1.82) is 5.26 Å². The summed E-state index contributed by atoms with van der Waals surface area (Å²) in [5.41, 5.74) is -0.742. The molecule has 0 spiro atoms. The third-order valence-corrected chi connectivity index (χ3v) is 3.09. The number of alkyl halides is 3. The normalized spacial score (nSPS) is 15.1. The lowest BCUT2D eigenvalue weighted by atomic mass is 10.1. The Morgan fingerprint density at radius 1 is 1.37 bits per heavy atom. The van der Waals surface area contributed by atoms with Crippen molar-refractivity contribution in [2.24, 2.45) is 0 Å². The fraction of sp³-hybridized carbons (Fsp3) is 0.462. The molecule has 1 aliphatic carbocycles. The Bertz CT molecular complexity index is 504. The van der Waals surface area contributed by atoms with Crippen molar-refractivity contribution < 1.29 is 18.3 Å². The summed E-state index contributed by atoms with van der Waals surface area (Å²) in [6, 6.07) is 5.39. The number of hydrogen-bond donors (Lipinski definition) is 1. The molecule has 1 aromatic carbocycles. The number of benzene rings is 1. The summed E-state index contributed by atoms with van der Waals surface area (Å²) in [5.74, 6) is 0. The van der Waals surface area contributed by atoms with Gasteiger partial charge in [-0.2, -0.15) is 18.4 Å². The highest BCUT2D eigenvalue weighted by molar-refractivity contribution is 5.56. The number of aliphatic hydroxyl groups is 1. The first-order chi connectivity index (χ1) is 8.97. The molecule has 0 bridgehead atoms. The summed E-state index contributed by atoms with van der Waals surface area (Å²) < 4.78 is 38.0. The number of aliphatic hydroxyl groups excluding tert-OH is 1. The van der Waals surface area contributed by atoms with Crippen LogP contribution >= 0.6 is 0 Å². The summed E-state index contributed by atoms with van der Waals surface area (Å²) in [5, 5.41) is 17.9. The van der Waals surface area contributed by atoms with Crippen LogP contribution in [-0.2, 0) is 6.18 Å². The quantitative estimate of drug-likeness (QED) is 0.914. The van der Waals surface area contributed by atoms with Crippen molar-refractivity contribution in [2.75, 3.05) is 18.1 Å². The van der Waals surface area contributed by atoms with E-state index in [1.54, 1.807) is 6.07 Å². The summed E-state index contributed by atoms with van der Waals surface area (Å²) in [6.45, 7) is 0.292. The zero-order chi connectivity index (χ0) is 14.0. The van der Waals surface area contributed by atoms with Gasteiger partial charge in [-0.3, -0.25) is 0 Å². The van der Waals surface area contributed by atoms with Crippen LogP contribution in [0.5, 0.6) is 0 Å². The SMILES string of the molecule is N#Cc1cc(N(CCO)C2CC2)ccc1C(F)(F)F. The molecular weight excluding hydrogens is 257 g/mol. The van der Waals surface area contributed by atoms with Crippen LogP contribution < -0.4 is 4.90 Å². The van der Waals surface area contributed by atoms with Gasteiger partial charge in [0.2, 0.25) is 0 Å². The monoisotopic (exact) mass is 270 g/mol. The van der Waals surface area contributed by atoms with Gasteiger partial charge < -0.3 is 10.0 Å². The number of nitriles is 1.